The van der Waals surface area contributed by atoms with Crippen LogP contribution < -0.4 is 0 Å². The number of nitrogens with one attached hydrogen (secondary N) is 1. The lowest BCUT2D eigenvalue weighted by atomic mass is 10.0. The van der Waals surface area contributed by atoms with Crippen molar-refractivity contribution in [2.75, 3.05) is 7.11 Å². The van der Waals surface area contributed by atoms with E-state index in [4.69, 9.17) is 16.3 Å². The smallest absolute Gasteiger partial charge is 0.324 e. The zero-order chi connectivity index (χ0) is 20.1. The zero-order valence-corrected chi connectivity index (χ0v) is 18.1. The van der Waals surface area contributed by atoms with Gasteiger partial charge in [-0.15, -0.1) is 0 Å². The summed E-state index contributed by atoms with van der Waals surface area (Å²) in [4.78, 5) is 16.0. The van der Waals surface area contributed by atoms with E-state index >= 15 is 0 Å². The molecule has 3 aromatic rings. The molecule has 1 aliphatic rings. The van der Waals surface area contributed by atoms with Gasteiger partial charge in [0.2, 0.25) is 0 Å². The summed E-state index contributed by atoms with van der Waals surface area (Å²) in [5, 5.41) is 0.305. The number of aromatic nitrogens is 1. The van der Waals surface area contributed by atoms with E-state index in [-0.39, 0.29) is 4.90 Å². The summed E-state index contributed by atoms with van der Waals surface area (Å²) in [6.07, 6.45) is 0.914. The molecule has 1 N–H and O–H groups in total. The van der Waals surface area contributed by atoms with Crippen LogP contribution in [0.1, 0.15) is 11.3 Å². The molecule has 0 saturated carbocycles. The van der Waals surface area contributed by atoms with Gasteiger partial charge in [0, 0.05) is 26.1 Å². The van der Waals surface area contributed by atoms with Crippen LogP contribution in [0.4, 0.5) is 0 Å². The number of sulfone groups is 1. The predicted molar refractivity (Wildman–Crippen MR) is 111 cm³/mol. The second-order valence-corrected chi connectivity index (χ2v) is 10.3. The Morgan fingerprint density at radius 3 is 2.75 bits per heavy atom. The third kappa shape index (κ3) is 3.25. The van der Waals surface area contributed by atoms with E-state index < -0.39 is 27.0 Å². The second kappa shape index (κ2) is 7.21. The normalized spacial score (nSPS) is 17.5. The monoisotopic (exact) mass is 481 g/mol. The summed E-state index contributed by atoms with van der Waals surface area (Å²) in [7, 11) is -2.70. The maximum absolute atomic E-state index is 13.3. The highest BCUT2D eigenvalue weighted by Gasteiger charge is 2.44. The van der Waals surface area contributed by atoms with E-state index in [9.17, 15) is 13.2 Å². The molecule has 4 rings (SSSR count). The van der Waals surface area contributed by atoms with Crippen molar-refractivity contribution >= 4 is 54.2 Å². The van der Waals surface area contributed by atoms with Crippen LogP contribution in [-0.2, 0) is 32.2 Å². The van der Waals surface area contributed by atoms with Crippen molar-refractivity contribution in [1.29, 1.82) is 0 Å². The Kier molecular flexibility index (Phi) is 5.02. The largest absolute Gasteiger partial charge is 0.468 e. The molecule has 2 unspecified atom stereocenters. The summed E-state index contributed by atoms with van der Waals surface area (Å²) in [6.45, 7) is 0. The average molecular weight is 483 g/mol. The number of fused-ring (bicyclic) bond motifs is 3. The maximum Gasteiger partial charge on any atom is 0.324 e. The van der Waals surface area contributed by atoms with Crippen molar-refractivity contribution in [2.24, 2.45) is 5.92 Å². The Labute approximate surface area is 176 Å². The first kappa shape index (κ1) is 19.5. The first-order valence-electron chi connectivity index (χ1n) is 8.67. The molecule has 28 heavy (non-hydrogen) atoms. The molecule has 0 amide bonds. The molecule has 2 aromatic carbocycles. The number of hydrogen-bond acceptors (Lipinski definition) is 4. The first-order valence-corrected chi connectivity index (χ1v) is 11.4. The molecular weight excluding hydrogens is 466 g/mol. The molecule has 0 fully saturated rings. The third-order valence-electron chi connectivity index (χ3n) is 5.21. The molecular formula is C20H17BrClNO4S. The van der Waals surface area contributed by atoms with Crippen molar-refractivity contribution in [3.05, 3.63) is 63.2 Å². The van der Waals surface area contributed by atoms with Gasteiger partial charge in [-0.2, -0.15) is 0 Å². The molecule has 1 aromatic heterocycles. The summed E-state index contributed by atoms with van der Waals surface area (Å²) in [5.74, 6) is -1.15. The molecule has 2 atom stereocenters. The van der Waals surface area contributed by atoms with Crippen LogP contribution in [-0.4, -0.2) is 31.7 Å². The van der Waals surface area contributed by atoms with Crippen LogP contribution in [0.25, 0.3) is 10.9 Å². The van der Waals surface area contributed by atoms with Crippen molar-refractivity contribution in [2.45, 2.75) is 23.0 Å². The topological polar surface area (TPSA) is 76.2 Å². The first-order chi connectivity index (χ1) is 13.3. The number of methoxy groups -OCH3 is 1. The van der Waals surface area contributed by atoms with Crippen LogP contribution in [0.5, 0.6) is 0 Å². The van der Waals surface area contributed by atoms with Crippen LogP contribution >= 0.6 is 27.5 Å². The van der Waals surface area contributed by atoms with Gasteiger partial charge in [-0.1, -0.05) is 33.6 Å². The SMILES string of the molecule is COC(=O)C(C1Cc2[nH]c3ccc(Cl)cc3c2C1)S(=O)(=O)c1cccc(Br)c1. The molecule has 0 aliphatic heterocycles. The molecule has 146 valence electrons. The van der Waals surface area contributed by atoms with Crippen LogP contribution in [0.3, 0.4) is 0 Å². The minimum atomic E-state index is -3.92. The number of hydrogen-bond donors (Lipinski definition) is 1. The molecule has 0 bridgehead atoms. The zero-order valence-electron chi connectivity index (χ0n) is 14.9. The Balaban J connectivity index is 1.75. The van der Waals surface area contributed by atoms with Crippen LogP contribution in [0.15, 0.2) is 51.8 Å². The lowest BCUT2D eigenvalue weighted by Gasteiger charge is -2.21. The van der Waals surface area contributed by atoms with Gasteiger partial charge >= 0.3 is 5.97 Å². The second-order valence-electron chi connectivity index (χ2n) is 6.89. The highest BCUT2D eigenvalue weighted by Crippen LogP contribution is 2.38. The van der Waals surface area contributed by atoms with Crippen molar-refractivity contribution in [3.63, 3.8) is 0 Å². The fourth-order valence-electron chi connectivity index (χ4n) is 3.97. The Hall–Kier alpha value is -1.83. The van der Waals surface area contributed by atoms with Gasteiger partial charge in [0.25, 0.3) is 0 Å². The highest BCUT2D eigenvalue weighted by molar-refractivity contribution is 9.10. The van der Waals surface area contributed by atoms with Crippen LogP contribution in [0, 0.1) is 5.92 Å². The Morgan fingerprint density at radius 2 is 2.04 bits per heavy atom. The van der Waals surface area contributed by atoms with Gasteiger partial charge in [-0.05, 0) is 60.7 Å². The van der Waals surface area contributed by atoms with Crippen molar-refractivity contribution in [1.82, 2.24) is 4.98 Å². The van der Waals surface area contributed by atoms with Gasteiger partial charge in [-0.25, -0.2) is 8.42 Å². The molecule has 1 heterocycles. The number of rotatable bonds is 4. The maximum atomic E-state index is 13.3. The minimum absolute atomic E-state index is 0.0979. The molecule has 5 nitrogen and oxygen atoms in total. The van der Waals surface area contributed by atoms with Crippen molar-refractivity contribution < 1.29 is 17.9 Å². The number of H-pyrrole nitrogens is 1. The molecule has 0 saturated heterocycles. The number of halogens is 2. The number of carbonyl (C=O) groups is 1. The van der Waals surface area contributed by atoms with E-state index in [2.05, 4.69) is 20.9 Å². The van der Waals surface area contributed by atoms with E-state index in [0.717, 1.165) is 22.2 Å². The Bertz CT molecular complexity index is 1190. The lowest BCUT2D eigenvalue weighted by molar-refractivity contribution is -0.141. The Morgan fingerprint density at radius 1 is 1.25 bits per heavy atom. The van der Waals surface area contributed by atoms with Gasteiger partial charge in [0.1, 0.15) is 0 Å². The van der Waals surface area contributed by atoms with Gasteiger partial charge < -0.3 is 9.72 Å². The van der Waals surface area contributed by atoms with Crippen LogP contribution in [0.2, 0.25) is 5.02 Å². The van der Waals surface area contributed by atoms with E-state index in [0.29, 0.717) is 22.3 Å². The third-order valence-corrected chi connectivity index (χ3v) is 8.10. The molecule has 1 aliphatic carbocycles. The molecule has 8 heteroatoms. The predicted octanol–water partition coefficient (Wildman–Crippen LogP) is 4.31. The van der Waals surface area contributed by atoms with Gasteiger partial charge in [0.05, 0.1) is 12.0 Å². The molecule has 0 spiro atoms. The summed E-state index contributed by atoms with van der Waals surface area (Å²) >= 11 is 9.42. The van der Waals surface area contributed by atoms with Gasteiger partial charge in [-0.3, -0.25) is 4.79 Å². The average Bonchev–Trinajstić information content (AvgIpc) is 3.19. The number of carbonyl (C=O) groups excluding carboxylic acids is 1. The summed E-state index contributed by atoms with van der Waals surface area (Å²) < 4.78 is 32.1. The quantitative estimate of drug-likeness (QED) is 0.562. The van der Waals surface area contributed by atoms with E-state index in [1.165, 1.54) is 19.2 Å². The fourth-order valence-corrected chi connectivity index (χ4v) is 6.60. The van der Waals surface area contributed by atoms with E-state index in [1.54, 1.807) is 12.1 Å². The summed E-state index contributed by atoms with van der Waals surface area (Å²) in [5.41, 5.74) is 2.92. The fraction of sp³-hybridized carbons (Fsp3) is 0.250. The van der Waals surface area contributed by atoms with Crippen molar-refractivity contribution in [3.8, 4) is 0 Å². The molecule has 0 radical (unpaired) electrons. The number of esters is 1. The number of benzene rings is 2. The minimum Gasteiger partial charge on any atom is -0.468 e. The lowest BCUT2D eigenvalue weighted by Crippen LogP contribution is -2.39. The van der Waals surface area contributed by atoms with E-state index in [1.807, 2.05) is 18.2 Å². The number of aromatic amines is 1. The standard InChI is InChI=1S/C20H17BrClNO4S/c1-27-20(24)19(28(25,26)14-4-2-3-12(21)9-14)11-7-15-16-10-13(22)5-6-17(16)23-18(15)8-11/h2-6,9-11,19,23H,7-8H2,1H3. The van der Waals surface area contributed by atoms with Gasteiger partial charge in [0.15, 0.2) is 15.1 Å². The summed E-state index contributed by atoms with van der Waals surface area (Å²) in [6, 6.07) is 12.0. The number of ether oxygens (including phenoxy) is 1. The highest BCUT2D eigenvalue weighted by atomic mass is 79.9.